The lowest BCUT2D eigenvalue weighted by Gasteiger charge is -2.32. The summed E-state index contributed by atoms with van der Waals surface area (Å²) in [6.07, 6.45) is 1.45. The van der Waals surface area contributed by atoms with Crippen LogP contribution in [-0.4, -0.2) is 65.6 Å². The zero-order chi connectivity index (χ0) is 38.7. The van der Waals surface area contributed by atoms with Gasteiger partial charge in [0.25, 0.3) is 0 Å². The van der Waals surface area contributed by atoms with Gasteiger partial charge in [0.15, 0.2) is 0 Å². The zero-order valence-electron chi connectivity index (χ0n) is 30.5. The number of carbonyl (C=O) groups excluding carboxylic acids is 4. The number of rotatable bonds is 9. The third kappa shape index (κ3) is 9.04. The van der Waals surface area contributed by atoms with E-state index in [1.165, 1.54) is 36.2 Å². The number of para-hydroxylation sites is 1. The molecule has 0 unspecified atom stereocenters. The smallest absolute Gasteiger partial charge is 0.423 e. The highest BCUT2D eigenvalue weighted by Crippen LogP contribution is 2.48. The van der Waals surface area contributed by atoms with Gasteiger partial charge in [-0.1, -0.05) is 41.9 Å². The van der Waals surface area contributed by atoms with Crippen LogP contribution >= 0.6 is 23.2 Å². The molecule has 0 radical (unpaired) electrons. The average Bonchev–Trinajstić information content (AvgIpc) is 3.88. The number of hydrogen-bond donors (Lipinski definition) is 1. The second kappa shape index (κ2) is 15.7. The van der Waals surface area contributed by atoms with Gasteiger partial charge in [0.2, 0.25) is 5.91 Å². The van der Waals surface area contributed by atoms with Crippen molar-refractivity contribution in [1.82, 2.24) is 9.97 Å². The maximum absolute atomic E-state index is 14.8. The summed E-state index contributed by atoms with van der Waals surface area (Å²) < 4.78 is 22.3. The molecule has 1 aliphatic rings. The minimum atomic E-state index is -1.09. The van der Waals surface area contributed by atoms with Crippen LogP contribution in [-0.2, 0) is 14.3 Å². The third-order valence-corrected chi connectivity index (χ3v) is 7.98. The van der Waals surface area contributed by atoms with Crippen LogP contribution in [0.15, 0.2) is 49.3 Å². The zero-order valence-corrected chi connectivity index (χ0v) is 32.0. The Balaban J connectivity index is 1.94. The van der Waals surface area contributed by atoms with E-state index in [9.17, 15) is 19.2 Å². The van der Waals surface area contributed by atoms with Crippen LogP contribution in [0.4, 0.5) is 43.1 Å². The number of aromatic nitrogens is 2. The van der Waals surface area contributed by atoms with Crippen LogP contribution in [0.5, 0.6) is 11.5 Å². The molecule has 0 atom stereocenters. The number of halogens is 2. The molecule has 0 spiro atoms. The SMILES string of the molecule is C=CC(=O)Nc1cccc(C)c1N(C(=O)OC(C)(C)C)c1cc(N(C(=O)N(C(=O)OC(C)(C)C)c2c(Cl)c(OC)cc(OC)c2Cl)C2CC2)ncn1. The molecule has 16 heteroatoms. The van der Waals surface area contributed by atoms with Gasteiger partial charge >= 0.3 is 18.2 Å². The number of ether oxygens (including phenoxy) is 4. The van der Waals surface area contributed by atoms with Crippen molar-refractivity contribution in [2.24, 2.45) is 0 Å². The summed E-state index contributed by atoms with van der Waals surface area (Å²) in [5, 5.41) is 2.42. The minimum absolute atomic E-state index is 0.0102. The molecule has 52 heavy (non-hydrogen) atoms. The summed E-state index contributed by atoms with van der Waals surface area (Å²) in [6.45, 7) is 15.3. The fraction of sp³-hybridized carbons (Fsp3) is 0.389. The number of imide groups is 1. The van der Waals surface area contributed by atoms with Gasteiger partial charge in [0.1, 0.15) is 56.4 Å². The van der Waals surface area contributed by atoms with E-state index in [0.29, 0.717) is 23.3 Å². The highest BCUT2D eigenvalue weighted by atomic mass is 35.5. The number of methoxy groups -OCH3 is 2. The molecule has 2 aromatic carbocycles. The van der Waals surface area contributed by atoms with E-state index in [2.05, 4.69) is 21.9 Å². The second-order valence-corrected chi connectivity index (χ2v) is 14.4. The maximum atomic E-state index is 14.8. The molecule has 0 bridgehead atoms. The van der Waals surface area contributed by atoms with Crippen LogP contribution in [0.2, 0.25) is 10.0 Å². The maximum Gasteiger partial charge on any atom is 0.423 e. The van der Waals surface area contributed by atoms with Gasteiger partial charge < -0.3 is 24.3 Å². The third-order valence-electron chi connectivity index (χ3n) is 7.25. The monoisotopic (exact) mass is 756 g/mol. The number of nitrogens with zero attached hydrogens (tertiary/aromatic N) is 5. The van der Waals surface area contributed by atoms with E-state index in [-0.39, 0.29) is 50.2 Å². The summed E-state index contributed by atoms with van der Waals surface area (Å²) in [6, 6.07) is 6.53. The van der Waals surface area contributed by atoms with Crippen molar-refractivity contribution in [3.63, 3.8) is 0 Å². The van der Waals surface area contributed by atoms with Crippen molar-refractivity contribution < 1.29 is 38.1 Å². The van der Waals surface area contributed by atoms with Gasteiger partial charge in [0, 0.05) is 18.2 Å². The number of nitrogens with one attached hydrogen (secondary N) is 1. The predicted molar refractivity (Wildman–Crippen MR) is 200 cm³/mol. The van der Waals surface area contributed by atoms with E-state index in [4.69, 9.17) is 42.1 Å². The summed E-state index contributed by atoms with van der Waals surface area (Å²) in [4.78, 5) is 67.2. The van der Waals surface area contributed by atoms with Gasteiger partial charge in [-0.3, -0.25) is 9.69 Å². The Kier molecular flexibility index (Phi) is 12.0. The fourth-order valence-corrected chi connectivity index (χ4v) is 5.63. The summed E-state index contributed by atoms with van der Waals surface area (Å²) in [7, 11) is 2.71. The Morgan fingerprint density at radius 2 is 1.42 bits per heavy atom. The largest absolute Gasteiger partial charge is 0.495 e. The lowest BCUT2D eigenvalue weighted by Crippen LogP contribution is -2.50. The standard InChI is InChI=1S/C36H42Cl2N6O8/c1-11-27(45)41-22-14-12-13-20(2)30(22)43(33(47)51-35(3,4)5)26-18-25(39-19-40-26)42(21-15-16-21)32(46)44(34(48)52-36(6,7)8)31-28(37)23(49-9)17-24(50-10)29(31)38/h11-14,17-19,21H,1,15-16H2,2-10H3,(H,41,45). The molecule has 4 rings (SSSR count). The molecule has 0 aliphatic heterocycles. The second-order valence-electron chi connectivity index (χ2n) is 13.7. The van der Waals surface area contributed by atoms with Gasteiger partial charge in [-0.15, -0.1) is 0 Å². The number of anilines is 5. The van der Waals surface area contributed by atoms with Crippen LogP contribution in [0, 0.1) is 6.92 Å². The lowest BCUT2D eigenvalue weighted by atomic mass is 10.1. The van der Waals surface area contributed by atoms with Crippen LogP contribution in [0.25, 0.3) is 0 Å². The molecular formula is C36H42Cl2N6O8. The first-order chi connectivity index (χ1) is 24.3. The van der Waals surface area contributed by atoms with E-state index >= 15 is 0 Å². The highest BCUT2D eigenvalue weighted by Gasteiger charge is 2.43. The first-order valence-electron chi connectivity index (χ1n) is 16.2. The van der Waals surface area contributed by atoms with E-state index < -0.39 is 41.4 Å². The van der Waals surface area contributed by atoms with Crippen molar-refractivity contribution in [3.8, 4) is 11.5 Å². The Hall–Kier alpha value is -5.08. The summed E-state index contributed by atoms with van der Waals surface area (Å²) >= 11 is 13.5. The molecule has 3 aromatic rings. The Morgan fingerprint density at radius 3 is 1.94 bits per heavy atom. The topological polar surface area (TPSA) is 153 Å². The van der Waals surface area contributed by atoms with Crippen molar-refractivity contribution in [2.75, 3.05) is 34.2 Å². The Bertz CT molecular complexity index is 1860. The number of benzene rings is 2. The quantitative estimate of drug-likeness (QED) is 0.210. The molecule has 1 N–H and O–H groups in total. The minimum Gasteiger partial charge on any atom is -0.495 e. The molecular weight excluding hydrogens is 715 g/mol. The van der Waals surface area contributed by atoms with Crippen LogP contribution < -0.4 is 29.5 Å². The van der Waals surface area contributed by atoms with Gasteiger partial charge in [0.05, 0.1) is 25.6 Å². The van der Waals surface area contributed by atoms with E-state index in [1.807, 2.05) is 0 Å². The number of urea groups is 1. The van der Waals surface area contributed by atoms with E-state index in [0.717, 1.165) is 12.4 Å². The molecule has 1 aliphatic carbocycles. The molecule has 1 aromatic heterocycles. The van der Waals surface area contributed by atoms with Gasteiger partial charge in [-0.2, -0.15) is 4.90 Å². The molecule has 5 amide bonds. The van der Waals surface area contributed by atoms with E-state index in [1.54, 1.807) is 66.7 Å². The van der Waals surface area contributed by atoms with Gasteiger partial charge in [-0.25, -0.2) is 29.3 Å². The van der Waals surface area contributed by atoms with Crippen molar-refractivity contribution >= 4 is 76.0 Å². The number of hydrogen-bond acceptors (Lipinski definition) is 10. The van der Waals surface area contributed by atoms with Crippen molar-refractivity contribution in [1.29, 1.82) is 0 Å². The molecule has 1 saturated carbocycles. The number of carbonyl (C=O) groups is 4. The Labute approximate surface area is 312 Å². The highest BCUT2D eigenvalue weighted by molar-refractivity contribution is 6.43. The van der Waals surface area contributed by atoms with Crippen molar-refractivity contribution in [3.05, 3.63) is 64.9 Å². The first-order valence-corrected chi connectivity index (χ1v) is 16.9. The lowest BCUT2D eigenvalue weighted by molar-refractivity contribution is -0.111. The first kappa shape index (κ1) is 39.7. The predicted octanol–water partition coefficient (Wildman–Crippen LogP) is 8.84. The van der Waals surface area contributed by atoms with Crippen molar-refractivity contribution in [2.45, 2.75) is 78.6 Å². The number of amides is 5. The van der Waals surface area contributed by atoms with Gasteiger partial charge in [-0.05, 0) is 79.0 Å². The van der Waals surface area contributed by atoms with Crippen LogP contribution in [0.3, 0.4) is 0 Å². The normalized spacial score (nSPS) is 12.7. The number of aryl methyl sites for hydroxylation is 1. The van der Waals surface area contributed by atoms with Crippen LogP contribution in [0.1, 0.15) is 59.9 Å². The molecule has 278 valence electrons. The molecule has 1 heterocycles. The molecule has 1 fully saturated rings. The Morgan fingerprint density at radius 1 is 0.865 bits per heavy atom. The fourth-order valence-electron chi connectivity index (χ4n) is 4.96. The molecule has 14 nitrogen and oxygen atoms in total. The molecule has 0 saturated heterocycles. The summed E-state index contributed by atoms with van der Waals surface area (Å²) in [5.41, 5.74) is -1.12. The average molecular weight is 758 g/mol. The summed E-state index contributed by atoms with van der Waals surface area (Å²) in [5.74, 6) is -0.353.